The highest BCUT2D eigenvalue weighted by Gasteiger charge is 2.35. The molecule has 0 aliphatic carbocycles. The maximum Gasteiger partial charge on any atom is 0.345 e. The maximum atomic E-state index is 12.7. The normalized spacial score (nSPS) is 16.9. The van der Waals surface area contributed by atoms with Crippen LogP contribution >= 0.6 is 0 Å². The van der Waals surface area contributed by atoms with Crippen LogP contribution in [0.4, 0.5) is 13.2 Å². The van der Waals surface area contributed by atoms with E-state index in [2.05, 4.69) is 4.74 Å². The first-order chi connectivity index (χ1) is 7.86. The van der Waals surface area contributed by atoms with Crippen LogP contribution in [0.3, 0.4) is 0 Å². The molecule has 0 heterocycles. The van der Waals surface area contributed by atoms with Crippen molar-refractivity contribution in [2.45, 2.75) is 25.2 Å². The fourth-order valence-corrected chi connectivity index (χ4v) is 1.43. The third kappa shape index (κ3) is 3.69. The average Bonchev–Trinajstić information content (AvgIpc) is 2.27. The first kappa shape index (κ1) is 14.0. The topological polar surface area (TPSA) is 55.5 Å². The van der Waals surface area contributed by atoms with E-state index < -0.39 is 24.1 Å². The Labute approximate surface area is 97.0 Å². The van der Waals surface area contributed by atoms with Crippen LogP contribution in [0.2, 0.25) is 0 Å². The SMILES string of the molecule is CC(O)(CN)C(OC(F)F)c1ccc(F)cc1. The van der Waals surface area contributed by atoms with Gasteiger partial charge in [0.15, 0.2) is 0 Å². The highest BCUT2D eigenvalue weighted by atomic mass is 19.3. The number of ether oxygens (including phenoxy) is 1. The third-order valence-corrected chi connectivity index (χ3v) is 2.39. The minimum absolute atomic E-state index is 0.238. The minimum Gasteiger partial charge on any atom is -0.386 e. The van der Waals surface area contributed by atoms with E-state index in [0.29, 0.717) is 0 Å². The summed E-state index contributed by atoms with van der Waals surface area (Å²) in [5, 5.41) is 9.88. The summed E-state index contributed by atoms with van der Waals surface area (Å²) in [6.07, 6.45) is -1.31. The Kier molecular flexibility index (Phi) is 4.50. The molecule has 0 bridgehead atoms. The highest BCUT2D eigenvalue weighted by molar-refractivity contribution is 5.21. The molecule has 0 aliphatic heterocycles. The van der Waals surface area contributed by atoms with Crippen molar-refractivity contribution in [1.82, 2.24) is 0 Å². The van der Waals surface area contributed by atoms with E-state index in [4.69, 9.17) is 5.73 Å². The number of benzene rings is 1. The molecule has 0 aliphatic rings. The van der Waals surface area contributed by atoms with E-state index in [0.717, 1.165) is 12.1 Å². The lowest BCUT2D eigenvalue weighted by Crippen LogP contribution is -2.42. The predicted molar refractivity (Wildman–Crippen MR) is 55.9 cm³/mol. The third-order valence-electron chi connectivity index (χ3n) is 2.39. The quantitative estimate of drug-likeness (QED) is 0.836. The molecule has 96 valence electrons. The monoisotopic (exact) mass is 249 g/mol. The Morgan fingerprint density at radius 2 is 1.88 bits per heavy atom. The molecule has 2 unspecified atom stereocenters. The Morgan fingerprint density at radius 3 is 2.29 bits per heavy atom. The molecule has 0 saturated carbocycles. The minimum atomic E-state index is -3.05. The van der Waals surface area contributed by atoms with E-state index in [1.165, 1.54) is 19.1 Å². The summed E-state index contributed by atoms with van der Waals surface area (Å²) in [5.41, 5.74) is 3.88. The maximum absolute atomic E-state index is 12.7. The summed E-state index contributed by atoms with van der Waals surface area (Å²) in [6.45, 7) is -2.03. The van der Waals surface area contributed by atoms with Gasteiger partial charge >= 0.3 is 6.61 Å². The molecule has 17 heavy (non-hydrogen) atoms. The number of hydrogen-bond acceptors (Lipinski definition) is 3. The molecule has 0 saturated heterocycles. The van der Waals surface area contributed by atoms with Gasteiger partial charge in [-0.1, -0.05) is 12.1 Å². The fourth-order valence-electron chi connectivity index (χ4n) is 1.43. The van der Waals surface area contributed by atoms with Crippen LogP contribution < -0.4 is 5.73 Å². The van der Waals surface area contributed by atoms with Gasteiger partial charge in [-0.2, -0.15) is 8.78 Å². The van der Waals surface area contributed by atoms with Crippen molar-refractivity contribution in [3.8, 4) is 0 Å². The van der Waals surface area contributed by atoms with Gasteiger partial charge in [-0.15, -0.1) is 0 Å². The summed E-state index contributed by atoms with van der Waals surface area (Å²) in [4.78, 5) is 0. The van der Waals surface area contributed by atoms with Gasteiger partial charge in [-0.3, -0.25) is 0 Å². The van der Waals surface area contributed by atoms with E-state index in [-0.39, 0.29) is 12.1 Å². The number of hydrogen-bond donors (Lipinski definition) is 2. The zero-order chi connectivity index (χ0) is 13.1. The Bertz CT molecular complexity index is 354. The molecule has 2 atom stereocenters. The lowest BCUT2D eigenvalue weighted by Gasteiger charge is -2.31. The van der Waals surface area contributed by atoms with Crippen LogP contribution in [0, 0.1) is 5.82 Å². The van der Waals surface area contributed by atoms with Crippen LogP contribution in [-0.2, 0) is 4.74 Å². The number of alkyl halides is 2. The molecule has 0 amide bonds. The second kappa shape index (κ2) is 5.48. The van der Waals surface area contributed by atoms with Crippen molar-refractivity contribution in [1.29, 1.82) is 0 Å². The van der Waals surface area contributed by atoms with Crippen LogP contribution in [0.1, 0.15) is 18.6 Å². The second-order valence-corrected chi connectivity index (χ2v) is 3.89. The number of halogens is 3. The summed E-state index contributed by atoms with van der Waals surface area (Å²) < 4.78 is 41.6. The lowest BCUT2D eigenvalue weighted by atomic mass is 9.93. The molecule has 1 rings (SSSR count). The molecule has 1 aromatic carbocycles. The summed E-state index contributed by atoms with van der Waals surface area (Å²) >= 11 is 0. The van der Waals surface area contributed by atoms with Crippen LogP contribution in [0.15, 0.2) is 24.3 Å². The van der Waals surface area contributed by atoms with Crippen molar-refractivity contribution in [2.24, 2.45) is 5.73 Å². The molecule has 6 heteroatoms. The van der Waals surface area contributed by atoms with Crippen molar-refractivity contribution < 1.29 is 23.0 Å². The lowest BCUT2D eigenvalue weighted by molar-refractivity contribution is -0.211. The molecular weight excluding hydrogens is 235 g/mol. The number of aliphatic hydroxyl groups is 1. The van der Waals surface area contributed by atoms with Crippen LogP contribution in [-0.4, -0.2) is 23.9 Å². The Hall–Kier alpha value is -1.11. The summed E-state index contributed by atoms with van der Waals surface area (Å²) in [7, 11) is 0. The van der Waals surface area contributed by atoms with Crippen LogP contribution in [0.25, 0.3) is 0 Å². The van der Waals surface area contributed by atoms with Crippen molar-refractivity contribution in [3.63, 3.8) is 0 Å². The van der Waals surface area contributed by atoms with Gasteiger partial charge in [-0.25, -0.2) is 4.39 Å². The van der Waals surface area contributed by atoms with Gasteiger partial charge in [-0.05, 0) is 24.6 Å². The largest absolute Gasteiger partial charge is 0.386 e. The Balaban J connectivity index is 3.01. The smallest absolute Gasteiger partial charge is 0.345 e. The van der Waals surface area contributed by atoms with Crippen molar-refractivity contribution >= 4 is 0 Å². The summed E-state index contributed by atoms with van der Waals surface area (Å²) in [6, 6.07) is 4.74. The number of rotatable bonds is 5. The summed E-state index contributed by atoms with van der Waals surface area (Å²) in [5.74, 6) is -0.503. The molecule has 3 nitrogen and oxygen atoms in total. The molecule has 0 spiro atoms. The second-order valence-electron chi connectivity index (χ2n) is 3.89. The number of nitrogens with two attached hydrogens (primary N) is 1. The van der Waals surface area contributed by atoms with Crippen molar-refractivity contribution in [3.05, 3.63) is 35.6 Å². The molecule has 1 aromatic rings. The van der Waals surface area contributed by atoms with E-state index in [1.54, 1.807) is 0 Å². The van der Waals surface area contributed by atoms with Gasteiger partial charge in [0.05, 0.1) is 0 Å². The Morgan fingerprint density at radius 1 is 1.35 bits per heavy atom. The van der Waals surface area contributed by atoms with Gasteiger partial charge < -0.3 is 15.6 Å². The van der Waals surface area contributed by atoms with E-state index in [9.17, 15) is 18.3 Å². The van der Waals surface area contributed by atoms with Crippen LogP contribution in [0.5, 0.6) is 0 Å². The molecular formula is C11H14F3NO2. The molecule has 0 aromatic heterocycles. The predicted octanol–water partition coefficient (Wildman–Crippen LogP) is 1.82. The van der Waals surface area contributed by atoms with Crippen molar-refractivity contribution in [2.75, 3.05) is 6.54 Å². The standard InChI is InChI=1S/C11H14F3NO2/c1-11(16,6-15)9(17-10(13)14)7-2-4-8(12)5-3-7/h2-5,9-10,16H,6,15H2,1H3. The van der Waals surface area contributed by atoms with Gasteiger partial charge in [0, 0.05) is 6.54 Å². The molecule has 0 fully saturated rings. The first-order valence-electron chi connectivity index (χ1n) is 4.98. The molecule has 3 N–H and O–H groups in total. The molecule has 0 radical (unpaired) electrons. The zero-order valence-corrected chi connectivity index (χ0v) is 9.24. The zero-order valence-electron chi connectivity index (χ0n) is 9.24. The fraction of sp³-hybridized carbons (Fsp3) is 0.455. The first-order valence-corrected chi connectivity index (χ1v) is 4.98. The van der Waals surface area contributed by atoms with Gasteiger partial charge in [0.25, 0.3) is 0 Å². The average molecular weight is 249 g/mol. The van der Waals surface area contributed by atoms with Gasteiger partial charge in [0.1, 0.15) is 17.5 Å². The van der Waals surface area contributed by atoms with Gasteiger partial charge in [0.2, 0.25) is 0 Å². The van der Waals surface area contributed by atoms with E-state index in [1.807, 2.05) is 0 Å². The van der Waals surface area contributed by atoms with E-state index >= 15 is 0 Å². The highest BCUT2D eigenvalue weighted by Crippen LogP contribution is 2.30.